The van der Waals surface area contributed by atoms with Crippen LogP contribution in [0.25, 0.3) is 5.69 Å². The van der Waals surface area contributed by atoms with Crippen molar-refractivity contribution in [2.75, 3.05) is 13.2 Å². The first-order chi connectivity index (χ1) is 11.6. The molecule has 1 aromatic heterocycles. The van der Waals surface area contributed by atoms with Crippen LogP contribution in [0.4, 0.5) is 0 Å². The zero-order valence-electron chi connectivity index (χ0n) is 15.1. The largest absolute Gasteiger partial charge is 0.375 e. The minimum Gasteiger partial charge on any atom is -0.375 e. The highest BCUT2D eigenvalue weighted by atomic mass is 35.5. The van der Waals surface area contributed by atoms with Gasteiger partial charge in [-0.3, -0.25) is 4.79 Å². The Bertz CT molecular complexity index is 705. The van der Waals surface area contributed by atoms with Crippen molar-refractivity contribution in [1.82, 2.24) is 20.2 Å². The number of benzene rings is 1. The number of hydrogen-bond acceptors (Lipinski definition) is 4. The number of amides is 1. The highest BCUT2D eigenvalue weighted by Crippen LogP contribution is 2.17. The molecule has 0 saturated carbocycles. The van der Waals surface area contributed by atoms with E-state index in [1.165, 1.54) is 0 Å². The van der Waals surface area contributed by atoms with Gasteiger partial charge in [0.1, 0.15) is 11.9 Å². The van der Waals surface area contributed by atoms with E-state index >= 15 is 0 Å². The highest BCUT2D eigenvalue weighted by molar-refractivity contribution is 5.85. The Hall–Kier alpha value is -1.60. The van der Waals surface area contributed by atoms with E-state index < -0.39 is 0 Å². The van der Waals surface area contributed by atoms with Gasteiger partial charge < -0.3 is 19.9 Å². The van der Waals surface area contributed by atoms with Gasteiger partial charge in [0.15, 0.2) is 0 Å². The molecule has 1 amide bonds. The van der Waals surface area contributed by atoms with Gasteiger partial charge in [-0.2, -0.15) is 0 Å². The summed E-state index contributed by atoms with van der Waals surface area (Å²) in [6.07, 6.45) is 3.61. The third-order valence-corrected chi connectivity index (χ3v) is 4.45. The van der Waals surface area contributed by atoms with Gasteiger partial charge >= 0.3 is 0 Å². The molecule has 0 aliphatic carbocycles. The van der Waals surface area contributed by atoms with Crippen molar-refractivity contribution in [3.63, 3.8) is 0 Å². The van der Waals surface area contributed by atoms with Crippen LogP contribution in [0.5, 0.6) is 0 Å². The molecule has 1 fully saturated rings. The molecule has 1 aromatic carbocycles. The number of nitrogens with one attached hydrogen (secondary N) is 2. The normalized spacial score (nSPS) is 20.4. The third kappa shape index (κ3) is 4.98. The molecular weight excluding hydrogens is 375 g/mol. The van der Waals surface area contributed by atoms with E-state index in [0.717, 1.165) is 17.1 Å². The number of hydrogen-bond donors (Lipinski definition) is 2. The fraction of sp³-hybridized carbons (Fsp3) is 0.444. The maximum absolute atomic E-state index is 12.4. The average molecular weight is 401 g/mol. The summed E-state index contributed by atoms with van der Waals surface area (Å²) in [7, 11) is 0. The second kappa shape index (κ2) is 9.92. The molecule has 0 radical (unpaired) electrons. The zero-order valence-corrected chi connectivity index (χ0v) is 16.8. The SMILES string of the molecule is Cc1nccn1-c1ccc(C(C)NC(=O)[C@H]2NCCO[C@@H]2C)cc1.Cl.Cl. The second-order valence-corrected chi connectivity index (χ2v) is 6.17. The van der Waals surface area contributed by atoms with Crippen molar-refractivity contribution >= 4 is 30.7 Å². The van der Waals surface area contributed by atoms with Crippen LogP contribution in [0, 0.1) is 6.92 Å². The highest BCUT2D eigenvalue weighted by Gasteiger charge is 2.29. The lowest BCUT2D eigenvalue weighted by atomic mass is 10.1. The molecule has 144 valence electrons. The summed E-state index contributed by atoms with van der Waals surface area (Å²) < 4.78 is 7.56. The van der Waals surface area contributed by atoms with E-state index in [1.807, 2.05) is 55.8 Å². The Kier molecular flexibility index (Phi) is 8.56. The van der Waals surface area contributed by atoms with Crippen LogP contribution in [0.15, 0.2) is 36.7 Å². The van der Waals surface area contributed by atoms with E-state index in [4.69, 9.17) is 4.74 Å². The Morgan fingerprint density at radius 2 is 2.04 bits per heavy atom. The zero-order chi connectivity index (χ0) is 17.1. The summed E-state index contributed by atoms with van der Waals surface area (Å²) in [5.41, 5.74) is 2.12. The molecule has 8 heteroatoms. The van der Waals surface area contributed by atoms with Crippen LogP contribution in [-0.4, -0.2) is 40.8 Å². The van der Waals surface area contributed by atoms with Gasteiger partial charge in [-0.15, -0.1) is 24.8 Å². The number of imidazole rings is 1. The minimum atomic E-state index is -0.297. The molecule has 3 atom stereocenters. The molecule has 1 aliphatic rings. The summed E-state index contributed by atoms with van der Waals surface area (Å²) in [5.74, 6) is 0.922. The van der Waals surface area contributed by atoms with Crippen LogP contribution in [0.1, 0.15) is 31.3 Å². The van der Waals surface area contributed by atoms with E-state index in [-0.39, 0.29) is 48.9 Å². The Morgan fingerprint density at radius 3 is 2.62 bits per heavy atom. The number of rotatable bonds is 4. The molecule has 0 bridgehead atoms. The molecule has 2 aromatic rings. The predicted octanol–water partition coefficient (Wildman–Crippen LogP) is 2.58. The quantitative estimate of drug-likeness (QED) is 0.827. The summed E-state index contributed by atoms with van der Waals surface area (Å²) in [4.78, 5) is 16.7. The maximum Gasteiger partial charge on any atom is 0.240 e. The van der Waals surface area contributed by atoms with Gasteiger partial charge in [0.25, 0.3) is 0 Å². The number of aromatic nitrogens is 2. The molecule has 1 saturated heterocycles. The summed E-state index contributed by atoms with van der Waals surface area (Å²) >= 11 is 0. The standard InChI is InChI=1S/C18H24N4O2.2ClH/c1-12(21-18(23)17-13(2)24-11-9-20-17)15-4-6-16(7-5-15)22-10-8-19-14(22)3;;/h4-8,10,12-13,17,20H,9,11H2,1-3H3,(H,21,23);2*1H/t12?,13-,17+;;/m1../s1. The first kappa shape index (κ1) is 22.4. The first-order valence-electron chi connectivity index (χ1n) is 8.32. The summed E-state index contributed by atoms with van der Waals surface area (Å²) in [6.45, 7) is 7.23. The van der Waals surface area contributed by atoms with E-state index in [1.54, 1.807) is 6.20 Å². The molecule has 0 spiro atoms. The van der Waals surface area contributed by atoms with Crippen LogP contribution in [0.2, 0.25) is 0 Å². The van der Waals surface area contributed by atoms with Crippen molar-refractivity contribution in [3.8, 4) is 5.69 Å². The first-order valence-corrected chi connectivity index (χ1v) is 8.32. The maximum atomic E-state index is 12.4. The smallest absolute Gasteiger partial charge is 0.240 e. The monoisotopic (exact) mass is 400 g/mol. The second-order valence-electron chi connectivity index (χ2n) is 6.17. The number of nitrogens with zero attached hydrogens (tertiary/aromatic N) is 2. The van der Waals surface area contributed by atoms with Crippen LogP contribution in [-0.2, 0) is 9.53 Å². The fourth-order valence-corrected chi connectivity index (χ4v) is 2.99. The van der Waals surface area contributed by atoms with Crippen molar-refractivity contribution in [2.24, 2.45) is 0 Å². The Balaban J connectivity index is 0.00000169. The minimum absolute atomic E-state index is 0. The van der Waals surface area contributed by atoms with Gasteiger partial charge in [0.05, 0.1) is 18.8 Å². The number of carbonyl (C=O) groups excluding carboxylic acids is 1. The lowest BCUT2D eigenvalue weighted by molar-refractivity contribution is -0.129. The van der Waals surface area contributed by atoms with Crippen molar-refractivity contribution < 1.29 is 9.53 Å². The van der Waals surface area contributed by atoms with Crippen LogP contribution < -0.4 is 10.6 Å². The van der Waals surface area contributed by atoms with Crippen molar-refractivity contribution in [1.29, 1.82) is 0 Å². The summed E-state index contributed by atoms with van der Waals surface area (Å²) in [5, 5.41) is 6.27. The van der Waals surface area contributed by atoms with Gasteiger partial charge in [-0.05, 0) is 38.5 Å². The van der Waals surface area contributed by atoms with Crippen molar-refractivity contribution in [3.05, 3.63) is 48.0 Å². The predicted molar refractivity (Wildman–Crippen MR) is 107 cm³/mol. The summed E-state index contributed by atoms with van der Waals surface area (Å²) in [6, 6.07) is 7.79. The lowest BCUT2D eigenvalue weighted by Gasteiger charge is -2.30. The van der Waals surface area contributed by atoms with E-state index in [2.05, 4.69) is 15.6 Å². The topological polar surface area (TPSA) is 68.2 Å². The van der Waals surface area contributed by atoms with Crippen molar-refractivity contribution in [2.45, 2.75) is 39.0 Å². The number of halogens is 2. The van der Waals surface area contributed by atoms with Gasteiger partial charge in [-0.25, -0.2) is 4.98 Å². The molecule has 3 rings (SSSR count). The van der Waals surface area contributed by atoms with Gasteiger partial charge in [-0.1, -0.05) is 12.1 Å². The van der Waals surface area contributed by atoms with Gasteiger partial charge in [0, 0.05) is 24.6 Å². The number of aryl methyl sites for hydroxylation is 1. The molecular formula is C18H26Cl2N4O2. The number of ether oxygens (including phenoxy) is 1. The Morgan fingerprint density at radius 1 is 1.35 bits per heavy atom. The average Bonchev–Trinajstić information content (AvgIpc) is 3.01. The lowest BCUT2D eigenvalue weighted by Crippen LogP contribution is -2.55. The molecule has 2 N–H and O–H groups in total. The molecule has 26 heavy (non-hydrogen) atoms. The van der Waals surface area contributed by atoms with Crippen LogP contribution >= 0.6 is 24.8 Å². The molecule has 1 aliphatic heterocycles. The Labute approximate surface area is 166 Å². The number of morpholine rings is 1. The molecule has 2 heterocycles. The van der Waals surface area contributed by atoms with E-state index in [9.17, 15) is 4.79 Å². The third-order valence-electron chi connectivity index (χ3n) is 4.45. The van der Waals surface area contributed by atoms with Gasteiger partial charge in [0.2, 0.25) is 5.91 Å². The van der Waals surface area contributed by atoms with E-state index in [0.29, 0.717) is 13.2 Å². The molecule has 1 unspecified atom stereocenters. The fourth-order valence-electron chi connectivity index (χ4n) is 2.99. The van der Waals surface area contributed by atoms with Crippen LogP contribution in [0.3, 0.4) is 0 Å². The molecule has 6 nitrogen and oxygen atoms in total. The number of carbonyl (C=O) groups is 1.